The average Bonchev–Trinajstić information content (AvgIpc) is 3.12. The molecule has 0 aliphatic carbocycles. The zero-order chi connectivity index (χ0) is 22.7. The molecule has 4 rings (SSSR count). The van der Waals surface area contributed by atoms with Gasteiger partial charge in [-0.1, -0.05) is 6.07 Å². The van der Waals surface area contributed by atoms with Gasteiger partial charge in [-0.05, 0) is 60.2 Å². The van der Waals surface area contributed by atoms with E-state index in [1.807, 2.05) is 0 Å². The first-order valence-electron chi connectivity index (χ1n) is 9.70. The molecule has 3 aromatic carbocycles. The van der Waals surface area contributed by atoms with Gasteiger partial charge in [0.15, 0.2) is 29.6 Å². The van der Waals surface area contributed by atoms with Gasteiger partial charge in [0.2, 0.25) is 5.78 Å². The summed E-state index contributed by atoms with van der Waals surface area (Å²) in [4.78, 5) is 24.9. The second kappa shape index (κ2) is 8.93. The molecule has 0 radical (unpaired) electrons. The van der Waals surface area contributed by atoms with Crippen LogP contribution in [-0.2, 0) is 0 Å². The Hall–Kier alpha value is -4.13. The first-order chi connectivity index (χ1) is 15.5. The second-order valence-corrected chi connectivity index (χ2v) is 6.93. The molecule has 0 aromatic heterocycles. The van der Waals surface area contributed by atoms with Gasteiger partial charge >= 0.3 is 0 Å². The maximum absolute atomic E-state index is 13.0. The summed E-state index contributed by atoms with van der Waals surface area (Å²) < 4.78 is 34.8. The van der Waals surface area contributed by atoms with Crippen molar-refractivity contribution >= 4 is 17.6 Å². The lowest BCUT2D eigenvalue weighted by Gasteiger charge is -2.08. The third-order valence-corrected chi connectivity index (χ3v) is 4.88. The van der Waals surface area contributed by atoms with Crippen molar-refractivity contribution in [3.05, 3.63) is 88.9 Å². The van der Waals surface area contributed by atoms with Gasteiger partial charge < -0.3 is 18.9 Å². The number of halogens is 1. The molecule has 0 atom stereocenters. The summed E-state index contributed by atoms with van der Waals surface area (Å²) in [6, 6.07) is 15.2. The molecule has 0 N–H and O–H groups in total. The highest BCUT2D eigenvalue weighted by molar-refractivity contribution is 6.14. The highest BCUT2D eigenvalue weighted by Crippen LogP contribution is 2.36. The fraction of sp³-hybridized carbons (Fsp3) is 0.120. The van der Waals surface area contributed by atoms with E-state index in [9.17, 15) is 14.0 Å². The largest absolute Gasteiger partial charge is 0.493 e. The molecule has 1 aliphatic heterocycles. The molecule has 3 aromatic rings. The smallest absolute Gasteiger partial charge is 0.231 e. The Morgan fingerprint density at radius 1 is 0.969 bits per heavy atom. The van der Waals surface area contributed by atoms with Gasteiger partial charge in [0.05, 0.1) is 19.8 Å². The average molecular weight is 434 g/mol. The molecule has 0 bridgehead atoms. The first kappa shape index (κ1) is 21.1. The number of methoxy groups -OCH3 is 2. The van der Waals surface area contributed by atoms with Gasteiger partial charge in [-0.15, -0.1) is 0 Å². The molecule has 0 unspecified atom stereocenters. The summed E-state index contributed by atoms with van der Waals surface area (Å²) in [7, 11) is 3.08. The quantitative estimate of drug-likeness (QED) is 0.396. The minimum atomic E-state index is -0.417. The van der Waals surface area contributed by atoms with E-state index in [0.717, 1.165) is 0 Å². The Bertz CT molecular complexity index is 1210. The van der Waals surface area contributed by atoms with Crippen molar-refractivity contribution in [2.75, 3.05) is 20.8 Å². The van der Waals surface area contributed by atoms with Crippen molar-refractivity contribution in [2.24, 2.45) is 0 Å². The molecular formula is C25H19FO6. The predicted octanol–water partition coefficient (Wildman–Crippen LogP) is 4.72. The van der Waals surface area contributed by atoms with Crippen molar-refractivity contribution in [1.29, 1.82) is 0 Å². The Balaban J connectivity index is 1.48. The minimum absolute atomic E-state index is 0.159. The summed E-state index contributed by atoms with van der Waals surface area (Å²) in [6.07, 6.45) is 1.61. The Morgan fingerprint density at radius 3 is 2.44 bits per heavy atom. The molecular weight excluding hydrogens is 415 g/mol. The topological polar surface area (TPSA) is 71.1 Å². The van der Waals surface area contributed by atoms with E-state index in [1.54, 1.807) is 49.6 Å². The monoisotopic (exact) mass is 434 g/mol. The number of benzene rings is 3. The number of ether oxygens (including phenoxy) is 4. The lowest BCUT2D eigenvalue weighted by molar-refractivity contribution is 0.0920. The van der Waals surface area contributed by atoms with Crippen LogP contribution in [0.4, 0.5) is 4.39 Å². The highest BCUT2D eigenvalue weighted by atomic mass is 19.1. The molecule has 7 heteroatoms. The molecule has 32 heavy (non-hydrogen) atoms. The van der Waals surface area contributed by atoms with Crippen LogP contribution in [0.1, 0.15) is 26.3 Å². The fourth-order valence-corrected chi connectivity index (χ4v) is 3.22. The molecule has 0 amide bonds. The van der Waals surface area contributed by atoms with Crippen LogP contribution in [0, 0.1) is 5.82 Å². The van der Waals surface area contributed by atoms with Crippen molar-refractivity contribution in [2.45, 2.75) is 0 Å². The molecule has 1 aliphatic rings. The third kappa shape index (κ3) is 4.32. The molecule has 0 fully saturated rings. The third-order valence-electron chi connectivity index (χ3n) is 4.88. The lowest BCUT2D eigenvalue weighted by Crippen LogP contribution is -2.11. The standard InChI is InChI=1S/C25H19FO6/c1-29-21-10-3-15(11-23(21)30-2)12-24-25(28)19-9-8-18(13-22(19)32-24)31-14-20(27)16-4-6-17(26)7-5-16/h3-13H,14H2,1-2H3/b24-12-. The summed E-state index contributed by atoms with van der Waals surface area (Å²) >= 11 is 0. The van der Waals surface area contributed by atoms with Crippen molar-refractivity contribution in [1.82, 2.24) is 0 Å². The Kier molecular flexibility index (Phi) is 5.89. The van der Waals surface area contributed by atoms with Gasteiger partial charge in [-0.25, -0.2) is 4.39 Å². The zero-order valence-electron chi connectivity index (χ0n) is 17.4. The number of Topliss-reactive ketones (excluding diaryl/α,β-unsaturated/α-hetero) is 2. The van der Waals surface area contributed by atoms with Gasteiger partial charge in [0, 0.05) is 11.6 Å². The van der Waals surface area contributed by atoms with Crippen molar-refractivity contribution < 1.29 is 32.9 Å². The highest BCUT2D eigenvalue weighted by Gasteiger charge is 2.28. The van der Waals surface area contributed by atoms with Crippen LogP contribution in [0.25, 0.3) is 6.08 Å². The molecule has 1 heterocycles. The molecule has 0 saturated heterocycles. The van der Waals surface area contributed by atoms with Crippen LogP contribution in [0.5, 0.6) is 23.0 Å². The van der Waals surface area contributed by atoms with E-state index >= 15 is 0 Å². The van der Waals surface area contributed by atoms with E-state index < -0.39 is 5.82 Å². The van der Waals surface area contributed by atoms with Crippen LogP contribution in [-0.4, -0.2) is 32.4 Å². The fourth-order valence-electron chi connectivity index (χ4n) is 3.22. The van der Waals surface area contributed by atoms with E-state index in [4.69, 9.17) is 18.9 Å². The molecule has 162 valence electrons. The number of fused-ring (bicyclic) bond motifs is 1. The number of carbonyl (C=O) groups excluding carboxylic acids is 2. The van der Waals surface area contributed by atoms with Crippen LogP contribution in [0.15, 0.2) is 66.4 Å². The number of hydrogen-bond acceptors (Lipinski definition) is 6. The van der Waals surface area contributed by atoms with Crippen molar-refractivity contribution in [3.63, 3.8) is 0 Å². The number of allylic oxidation sites excluding steroid dienone is 1. The van der Waals surface area contributed by atoms with E-state index in [2.05, 4.69) is 0 Å². The van der Waals surface area contributed by atoms with Crippen molar-refractivity contribution in [3.8, 4) is 23.0 Å². The van der Waals surface area contributed by atoms with Gasteiger partial charge in [0.1, 0.15) is 17.3 Å². The Labute approximate surface area is 183 Å². The molecule has 0 spiro atoms. The zero-order valence-corrected chi connectivity index (χ0v) is 17.4. The van der Waals surface area contributed by atoms with Gasteiger partial charge in [0.25, 0.3) is 0 Å². The summed E-state index contributed by atoms with van der Waals surface area (Å²) in [6.45, 7) is -0.229. The Morgan fingerprint density at radius 2 is 1.72 bits per heavy atom. The van der Waals surface area contributed by atoms with E-state index in [-0.39, 0.29) is 23.9 Å². The SMILES string of the molecule is COc1ccc(/C=C2\Oc3cc(OCC(=O)c4ccc(F)cc4)ccc3C2=O)cc1OC. The normalized spacial score (nSPS) is 13.5. The number of carbonyl (C=O) groups is 2. The van der Waals surface area contributed by atoms with Crippen LogP contribution < -0.4 is 18.9 Å². The summed E-state index contributed by atoms with van der Waals surface area (Å²) in [5, 5.41) is 0. The number of hydrogen-bond donors (Lipinski definition) is 0. The van der Waals surface area contributed by atoms with Gasteiger partial charge in [-0.2, -0.15) is 0 Å². The first-order valence-corrected chi connectivity index (χ1v) is 9.70. The van der Waals surface area contributed by atoms with Crippen LogP contribution in [0.3, 0.4) is 0 Å². The summed E-state index contributed by atoms with van der Waals surface area (Å²) in [5.41, 5.74) is 1.45. The predicted molar refractivity (Wildman–Crippen MR) is 115 cm³/mol. The summed E-state index contributed by atoms with van der Waals surface area (Å²) in [5.74, 6) is 1.01. The minimum Gasteiger partial charge on any atom is -0.493 e. The molecule has 6 nitrogen and oxygen atoms in total. The second-order valence-electron chi connectivity index (χ2n) is 6.93. The van der Waals surface area contributed by atoms with E-state index in [1.165, 1.54) is 31.4 Å². The molecule has 0 saturated carbocycles. The van der Waals surface area contributed by atoms with Gasteiger partial charge in [-0.3, -0.25) is 9.59 Å². The number of ketones is 2. The lowest BCUT2D eigenvalue weighted by atomic mass is 10.1. The maximum atomic E-state index is 13.0. The maximum Gasteiger partial charge on any atom is 0.231 e. The van der Waals surface area contributed by atoms with Crippen LogP contribution >= 0.6 is 0 Å². The van der Waals surface area contributed by atoms with E-state index in [0.29, 0.717) is 39.7 Å². The van der Waals surface area contributed by atoms with Crippen LogP contribution in [0.2, 0.25) is 0 Å². The number of rotatable bonds is 7.